The zero-order valence-electron chi connectivity index (χ0n) is 21.1. The average molecular weight is 492 g/mol. The number of amides is 2. The van der Waals surface area contributed by atoms with Crippen LogP contribution in [0.1, 0.15) is 54.9 Å². The molecule has 4 rings (SSSR count). The Hall–Kier alpha value is -3.88. The summed E-state index contributed by atoms with van der Waals surface area (Å²) in [5.41, 5.74) is 5.55. The first-order valence-electron chi connectivity index (χ1n) is 12.5. The highest BCUT2D eigenvalue weighted by Gasteiger charge is 2.18. The highest BCUT2D eigenvalue weighted by atomic mass is 16.5. The molecule has 1 aromatic heterocycles. The number of carbonyl (C=O) groups excluding carboxylic acids is 2. The maximum Gasteiger partial charge on any atom is 0.271 e. The minimum Gasteiger partial charge on any atom is -0.490 e. The zero-order valence-corrected chi connectivity index (χ0v) is 21.1. The molecule has 9 heteroatoms. The van der Waals surface area contributed by atoms with Crippen molar-refractivity contribution < 1.29 is 19.1 Å². The van der Waals surface area contributed by atoms with Crippen LogP contribution >= 0.6 is 0 Å². The topological polar surface area (TPSA) is 98.0 Å². The summed E-state index contributed by atoms with van der Waals surface area (Å²) < 4.78 is 13.6. The average Bonchev–Trinajstić information content (AvgIpc) is 3.22. The summed E-state index contributed by atoms with van der Waals surface area (Å²) in [5, 5.41) is 4.10. The number of fused-ring (bicyclic) bond motifs is 1. The molecule has 0 bridgehead atoms. The van der Waals surface area contributed by atoms with Crippen molar-refractivity contribution in [3.8, 4) is 11.5 Å². The number of piperidine rings is 1. The van der Waals surface area contributed by atoms with Gasteiger partial charge in [-0.05, 0) is 82.0 Å². The van der Waals surface area contributed by atoms with E-state index in [1.165, 1.54) is 12.6 Å². The molecule has 36 heavy (non-hydrogen) atoms. The van der Waals surface area contributed by atoms with Crippen LogP contribution in [0.15, 0.2) is 41.5 Å². The van der Waals surface area contributed by atoms with Gasteiger partial charge in [0, 0.05) is 25.2 Å². The largest absolute Gasteiger partial charge is 0.490 e. The molecule has 0 radical (unpaired) electrons. The maximum absolute atomic E-state index is 12.6. The number of rotatable bonds is 9. The Morgan fingerprint density at radius 1 is 1.06 bits per heavy atom. The quantitative estimate of drug-likeness (QED) is 0.361. The Morgan fingerprint density at radius 3 is 2.61 bits per heavy atom. The number of likely N-dealkylation sites (tertiary alicyclic amines) is 1. The van der Waals surface area contributed by atoms with Crippen molar-refractivity contribution >= 4 is 29.1 Å². The lowest BCUT2D eigenvalue weighted by Gasteiger charge is -2.26. The summed E-state index contributed by atoms with van der Waals surface area (Å²) in [7, 11) is 0. The number of aromatic nitrogens is 2. The second-order valence-electron chi connectivity index (χ2n) is 8.68. The number of aryl methyl sites for hydroxylation is 2. The van der Waals surface area contributed by atoms with Crippen molar-refractivity contribution in [2.45, 2.75) is 46.6 Å². The molecule has 1 aliphatic rings. The number of hydrogen-bond acceptors (Lipinski definition) is 6. The highest BCUT2D eigenvalue weighted by Crippen LogP contribution is 2.28. The molecule has 2 aromatic carbocycles. The fourth-order valence-corrected chi connectivity index (χ4v) is 4.39. The van der Waals surface area contributed by atoms with Crippen LogP contribution in [-0.4, -0.2) is 58.8 Å². The van der Waals surface area contributed by atoms with Crippen molar-refractivity contribution in [3.63, 3.8) is 0 Å². The van der Waals surface area contributed by atoms with Crippen molar-refractivity contribution in [2.75, 3.05) is 26.3 Å². The van der Waals surface area contributed by atoms with Crippen LogP contribution in [0, 0.1) is 6.92 Å². The van der Waals surface area contributed by atoms with E-state index in [0.717, 1.165) is 54.9 Å². The number of imidazole rings is 1. The van der Waals surface area contributed by atoms with Crippen LogP contribution < -0.4 is 14.9 Å². The van der Waals surface area contributed by atoms with Gasteiger partial charge in [0.05, 0.1) is 23.9 Å². The third-order valence-corrected chi connectivity index (χ3v) is 6.22. The van der Waals surface area contributed by atoms with Gasteiger partial charge in [-0.15, -0.1) is 0 Å². The third kappa shape index (κ3) is 5.84. The Balaban J connectivity index is 1.38. The molecule has 0 aliphatic carbocycles. The minimum absolute atomic E-state index is 0.0136. The summed E-state index contributed by atoms with van der Waals surface area (Å²) in [6.07, 6.45) is 4.79. The molecule has 1 fully saturated rings. The van der Waals surface area contributed by atoms with Gasteiger partial charge in [-0.25, -0.2) is 10.4 Å². The van der Waals surface area contributed by atoms with E-state index in [4.69, 9.17) is 9.47 Å². The molecule has 2 heterocycles. The fraction of sp³-hybridized carbons (Fsp3) is 0.407. The predicted molar refractivity (Wildman–Crippen MR) is 139 cm³/mol. The number of hydrazone groups is 1. The van der Waals surface area contributed by atoms with Gasteiger partial charge in [0.15, 0.2) is 18.1 Å². The minimum atomic E-state index is -0.321. The highest BCUT2D eigenvalue weighted by molar-refractivity contribution is 5.98. The SMILES string of the molecule is CCOc1cc(/C=N/NC(=O)c2ccc3c(c2)nc(C)n3CC)ccc1OCC(=O)N1CCCCC1. The maximum atomic E-state index is 12.6. The van der Waals surface area contributed by atoms with Crippen molar-refractivity contribution in [2.24, 2.45) is 5.10 Å². The van der Waals surface area contributed by atoms with Crippen molar-refractivity contribution in [1.82, 2.24) is 19.9 Å². The molecule has 0 spiro atoms. The summed E-state index contributed by atoms with van der Waals surface area (Å²) in [6.45, 7) is 8.72. The van der Waals surface area contributed by atoms with Crippen LogP contribution in [0.5, 0.6) is 11.5 Å². The zero-order chi connectivity index (χ0) is 25.5. The number of nitrogens with one attached hydrogen (secondary N) is 1. The van der Waals surface area contributed by atoms with Gasteiger partial charge in [-0.2, -0.15) is 5.10 Å². The normalized spacial score (nSPS) is 13.8. The van der Waals surface area contributed by atoms with Gasteiger partial charge in [-0.1, -0.05) is 0 Å². The molecular weight excluding hydrogens is 458 g/mol. The van der Waals surface area contributed by atoms with Gasteiger partial charge >= 0.3 is 0 Å². The van der Waals surface area contributed by atoms with Crippen LogP contribution in [0.4, 0.5) is 0 Å². The number of nitrogens with zero attached hydrogens (tertiary/aromatic N) is 4. The Labute approximate surface area is 211 Å². The van der Waals surface area contributed by atoms with Crippen LogP contribution in [0.3, 0.4) is 0 Å². The molecule has 190 valence electrons. The number of benzene rings is 2. The Kier molecular flexibility index (Phi) is 8.20. The molecular formula is C27H33N5O4. The van der Waals surface area contributed by atoms with Crippen LogP contribution in [-0.2, 0) is 11.3 Å². The molecule has 0 unspecified atom stereocenters. The van der Waals surface area contributed by atoms with E-state index in [2.05, 4.69) is 27.0 Å². The van der Waals surface area contributed by atoms with Gasteiger partial charge in [-0.3, -0.25) is 9.59 Å². The number of hydrogen-bond donors (Lipinski definition) is 1. The molecule has 2 amide bonds. The lowest BCUT2D eigenvalue weighted by molar-refractivity contribution is -0.134. The van der Waals surface area contributed by atoms with E-state index in [9.17, 15) is 9.59 Å². The summed E-state index contributed by atoms with van der Waals surface area (Å²) in [4.78, 5) is 31.4. The lowest BCUT2D eigenvalue weighted by Crippen LogP contribution is -2.38. The van der Waals surface area contributed by atoms with Crippen LogP contribution in [0.25, 0.3) is 11.0 Å². The molecule has 1 aliphatic heterocycles. The van der Waals surface area contributed by atoms with E-state index in [0.29, 0.717) is 23.7 Å². The number of ether oxygens (including phenoxy) is 2. The third-order valence-electron chi connectivity index (χ3n) is 6.22. The fourth-order valence-electron chi connectivity index (χ4n) is 4.39. The Bertz CT molecular complexity index is 1260. The molecule has 3 aromatic rings. The van der Waals surface area contributed by atoms with Gasteiger partial charge in [0.2, 0.25) is 0 Å². The standard InChI is InChI=1S/C27H33N5O4/c1-4-32-19(3)29-22-16-21(10-11-23(22)32)27(34)30-28-17-20-9-12-24(25(15-20)35-5-2)36-18-26(33)31-13-7-6-8-14-31/h9-12,15-17H,4-8,13-14,18H2,1-3H3,(H,30,34)/b28-17+. The summed E-state index contributed by atoms with van der Waals surface area (Å²) in [5.74, 6) is 1.60. The molecule has 9 nitrogen and oxygen atoms in total. The van der Waals surface area contributed by atoms with Gasteiger partial charge < -0.3 is 18.9 Å². The van der Waals surface area contributed by atoms with E-state index >= 15 is 0 Å². The second kappa shape index (κ2) is 11.7. The van der Waals surface area contributed by atoms with E-state index in [1.54, 1.807) is 30.3 Å². The first kappa shape index (κ1) is 25.2. The van der Waals surface area contributed by atoms with E-state index in [-0.39, 0.29) is 18.4 Å². The molecule has 1 saturated heterocycles. The molecule has 0 atom stereocenters. The summed E-state index contributed by atoms with van der Waals surface area (Å²) >= 11 is 0. The summed E-state index contributed by atoms with van der Waals surface area (Å²) in [6, 6.07) is 10.8. The first-order valence-corrected chi connectivity index (χ1v) is 12.5. The second-order valence-corrected chi connectivity index (χ2v) is 8.68. The lowest BCUT2D eigenvalue weighted by atomic mass is 10.1. The van der Waals surface area contributed by atoms with E-state index in [1.807, 2.05) is 24.8 Å². The van der Waals surface area contributed by atoms with Crippen molar-refractivity contribution in [3.05, 3.63) is 53.3 Å². The van der Waals surface area contributed by atoms with Gasteiger partial charge in [0.25, 0.3) is 11.8 Å². The molecule has 1 N–H and O–H groups in total. The Morgan fingerprint density at radius 2 is 1.86 bits per heavy atom. The monoisotopic (exact) mass is 491 g/mol. The molecule has 0 saturated carbocycles. The predicted octanol–water partition coefficient (Wildman–Crippen LogP) is 3.92. The van der Waals surface area contributed by atoms with E-state index < -0.39 is 0 Å². The van der Waals surface area contributed by atoms with Gasteiger partial charge in [0.1, 0.15) is 5.82 Å². The van der Waals surface area contributed by atoms with Crippen LogP contribution in [0.2, 0.25) is 0 Å². The number of carbonyl (C=O) groups is 2. The first-order chi connectivity index (χ1) is 17.5. The van der Waals surface area contributed by atoms with Crippen molar-refractivity contribution in [1.29, 1.82) is 0 Å². The smallest absolute Gasteiger partial charge is 0.271 e.